The van der Waals surface area contributed by atoms with Crippen LogP contribution in [0, 0.1) is 11.6 Å². The van der Waals surface area contributed by atoms with Gasteiger partial charge in [0.25, 0.3) is 5.56 Å². The second-order valence-electron chi connectivity index (χ2n) is 7.86. The fourth-order valence-corrected chi connectivity index (χ4v) is 3.85. The summed E-state index contributed by atoms with van der Waals surface area (Å²) in [6.07, 6.45) is 2.03. The monoisotopic (exact) mass is 474 g/mol. The number of hydrogen-bond donors (Lipinski definition) is 0. The smallest absolute Gasteiger partial charge is 0.323 e. The Morgan fingerprint density at radius 3 is 2.73 bits per heavy atom. The predicted octanol–water partition coefficient (Wildman–Crippen LogP) is 3.85. The van der Waals surface area contributed by atoms with Crippen molar-refractivity contribution in [2.45, 2.75) is 19.6 Å². The summed E-state index contributed by atoms with van der Waals surface area (Å²) in [5.41, 5.74) is 2.34. The van der Waals surface area contributed by atoms with Crippen molar-refractivity contribution in [3.05, 3.63) is 86.4 Å². The predicted molar refractivity (Wildman–Crippen MR) is 120 cm³/mol. The van der Waals surface area contributed by atoms with Gasteiger partial charge < -0.3 is 9.64 Å². The highest BCUT2D eigenvalue weighted by molar-refractivity contribution is 6.31. The molecule has 33 heavy (non-hydrogen) atoms. The number of hydrogen-bond acceptors (Lipinski definition) is 4. The number of nitrogens with zero attached hydrogens (tertiary/aromatic N) is 4. The molecule has 172 valence electrons. The maximum absolute atomic E-state index is 13.8. The minimum Gasteiger partial charge on any atom is -0.471 e. The van der Waals surface area contributed by atoms with Gasteiger partial charge in [0, 0.05) is 38.0 Å². The first kappa shape index (κ1) is 22.7. The molecule has 0 saturated heterocycles. The Balaban J connectivity index is 1.49. The second-order valence-corrected chi connectivity index (χ2v) is 8.24. The quantitative estimate of drug-likeness (QED) is 0.563. The molecule has 2 amide bonds. The number of fused-ring (bicyclic) bond motifs is 1. The molecule has 0 saturated carbocycles. The van der Waals surface area contributed by atoms with Gasteiger partial charge in [-0.2, -0.15) is 0 Å². The van der Waals surface area contributed by atoms with Crippen molar-refractivity contribution in [3.63, 3.8) is 0 Å². The van der Waals surface area contributed by atoms with Gasteiger partial charge >= 0.3 is 6.03 Å². The van der Waals surface area contributed by atoms with Crippen molar-refractivity contribution < 1.29 is 18.3 Å². The van der Waals surface area contributed by atoms with E-state index in [1.165, 1.54) is 21.9 Å². The molecule has 3 aromatic rings. The van der Waals surface area contributed by atoms with Gasteiger partial charge in [0.2, 0.25) is 5.88 Å². The zero-order valence-electron chi connectivity index (χ0n) is 18.0. The molecular weight excluding hydrogens is 454 g/mol. The molecule has 0 radical (unpaired) electrons. The van der Waals surface area contributed by atoms with Gasteiger partial charge in [0.1, 0.15) is 24.6 Å². The van der Waals surface area contributed by atoms with Gasteiger partial charge in [0.15, 0.2) is 5.02 Å². The zero-order chi connectivity index (χ0) is 23.7. The van der Waals surface area contributed by atoms with E-state index >= 15 is 0 Å². The number of urea groups is 1. The van der Waals surface area contributed by atoms with Crippen LogP contribution < -0.4 is 15.2 Å². The van der Waals surface area contributed by atoms with Crippen LogP contribution in [0.1, 0.15) is 16.7 Å². The highest BCUT2D eigenvalue weighted by Crippen LogP contribution is 2.30. The molecule has 0 N–H and O–H groups in total. The fourth-order valence-electron chi connectivity index (χ4n) is 3.64. The van der Waals surface area contributed by atoms with Crippen LogP contribution in [-0.2, 0) is 19.6 Å². The molecule has 10 heteroatoms. The minimum absolute atomic E-state index is 0.0789. The molecule has 0 aliphatic carbocycles. The molecule has 1 aliphatic heterocycles. The summed E-state index contributed by atoms with van der Waals surface area (Å²) in [6.45, 7) is 0.576. The first-order valence-corrected chi connectivity index (χ1v) is 10.5. The summed E-state index contributed by atoms with van der Waals surface area (Å²) in [5, 5.41) is -0.232. The van der Waals surface area contributed by atoms with Crippen molar-refractivity contribution in [2.75, 3.05) is 25.5 Å². The molecule has 0 atom stereocenters. The van der Waals surface area contributed by atoms with Crippen LogP contribution in [-0.4, -0.2) is 41.1 Å². The van der Waals surface area contributed by atoms with Gasteiger partial charge in [-0.05, 0) is 35.7 Å². The summed E-state index contributed by atoms with van der Waals surface area (Å²) in [6, 6.07) is 8.71. The van der Waals surface area contributed by atoms with E-state index in [9.17, 15) is 18.4 Å². The van der Waals surface area contributed by atoms with Gasteiger partial charge in [-0.25, -0.2) is 18.6 Å². The average molecular weight is 475 g/mol. The number of aromatic nitrogens is 2. The number of anilines is 1. The van der Waals surface area contributed by atoms with Gasteiger partial charge in [-0.3, -0.25) is 14.3 Å². The Labute approximate surface area is 193 Å². The summed E-state index contributed by atoms with van der Waals surface area (Å²) < 4.78 is 33.5. The number of ether oxygens (including phenoxy) is 1. The number of amides is 2. The summed E-state index contributed by atoms with van der Waals surface area (Å²) in [5.74, 6) is -1.59. The Morgan fingerprint density at radius 2 is 2.00 bits per heavy atom. The third-order valence-electron chi connectivity index (χ3n) is 5.34. The molecule has 2 heterocycles. The van der Waals surface area contributed by atoms with E-state index in [0.29, 0.717) is 6.54 Å². The van der Waals surface area contributed by atoms with Crippen molar-refractivity contribution >= 4 is 23.3 Å². The molecule has 7 nitrogen and oxygen atoms in total. The molecule has 2 aromatic carbocycles. The van der Waals surface area contributed by atoms with Crippen LogP contribution in [0.25, 0.3) is 0 Å². The molecule has 1 aliphatic rings. The Bertz CT molecular complexity index is 1280. The van der Waals surface area contributed by atoms with Crippen LogP contribution >= 0.6 is 11.6 Å². The molecule has 0 bridgehead atoms. The number of benzene rings is 2. The van der Waals surface area contributed by atoms with Crippen LogP contribution in [0.4, 0.5) is 19.3 Å². The van der Waals surface area contributed by atoms with E-state index in [1.807, 2.05) is 18.2 Å². The highest BCUT2D eigenvalue weighted by Gasteiger charge is 2.26. The van der Waals surface area contributed by atoms with Crippen molar-refractivity contribution in [1.82, 2.24) is 14.5 Å². The van der Waals surface area contributed by atoms with Crippen LogP contribution in [0.2, 0.25) is 5.02 Å². The lowest BCUT2D eigenvalue weighted by Gasteiger charge is -2.22. The zero-order valence-corrected chi connectivity index (χ0v) is 18.8. The normalized spacial score (nSPS) is 12.6. The van der Waals surface area contributed by atoms with Gasteiger partial charge in [-0.1, -0.05) is 23.7 Å². The van der Waals surface area contributed by atoms with Crippen molar-refractivity contribution in [3.8, 4) is 5.88 Å². The van der Waals surface area contributed by atoms with E-state index in [1.54, 1.807) is 19.0 Å². The molecule has 0 spiro atoms. The van der Waals surface area contributed by atoms with Crippen molar-refractivity contribution in [1.29, 1.82) is 0 Å². The maximum Gasteiger partial charge on any atom is 0.323 e. The Morgan fingerprint density at radius 1 is 1.21 bits per heavy atom. The Hall–Kier alpha value is -3.46. The minimum atomic E-state index is -0.762. The molecule has 4 rings (SSSR count). The maximum atomic E-state index is 13.8. The van der Waals surface area contributed by atoms with E-state index < -0.39 is 17.2 Å². The number of carbonyl (C=O) groups is 1. The SMILES string of the molecule is CN(C)C(=O)N1CCc2cc(Cn3cnc(OCc4ccc(F)cc4F)c(Cl)c3=O)ccc21. The number of rotatable bonds is 5. The topological polar surface area (TPSA) is 67.7 Å². The van der Waals surface area contributed by atoms with E-state index in [4.69, 9.17) is 16.3 Å². The first-order valence-electron chi connectivity index (χ1n) is 10.2. The fraction of sp³-hybridized carbons (Fsp3) is 0.261. The molecule has 0 unspecified atom stereocenters. The average Bonchev–Trinajstić information content (AvgIpc) is 3.20. The number of carbonyl (C=O) groups excluding carboxylic acids is 1. The lowest BCUT2D eigenvalue weighted by molar-refractivity contribution is 0.224. The summed E-state index contributed by atoms with van der Waals surface area (Å²) in [7, 11) is 3.42. The third-order valence-corrected chi connectivity index (χ3v) is 5.66. The van der Waals surface area contributed by atoms with Gasteiger partial charge in [-0.15, -0.1) is 0 Å². The summed E-state index contributed by atoms with van der Waals surface area (Å²) >= 11 is 6.15. The molecular formula is C23H21ClF2N4O3. The second kappa shape index (κ2) is 9.19. The number of halogens is 3. The van der Waals surface area contributed by atoms with Crippen molar-refractivity contribution in [2.24, 2.45) is 0 Å². The third kappa shape index (κ3) is 4.68. The van der Waals surface area contributed by atoms with Crippen LogP contribution in [0.15, 0.2) is 47.5 Å². The summed E-state index contributed by atoms with van der Waals surface area (Å²) in [4.78, 5) is 32.3. The van der Waals surface area contributed by atoms with E-state index in [0.717, 1.165) is 35.4 Å². The molecule has 0 fully saturated rings. The largest absolute Gasteiger partial charge is 0.471 e. The lowest BCUT2D eigenvalue weighted by atomic mass is 10.1. The van der Waals surface area contributed by atoms with E-state index in [2.05, 4.69) is 4.98 Å². The van der Waals surface area contributed by atoms with E-state index in [-0.39, 0.29) is 35.6 Å². The van der Waals surface area contributed by atoms with Crippen LogP contribution in [0.5, 0.6) is 5.88 Å². The lowest BCUT2D eigenvalue weighted by Crippen LogP contribution is -2.38. The standard InChI is InChI=1S/C23H21ClF2N4O3/c1-28(2)23(32)30-8-7-15-9-14(3-6-19(15)30)11-29-13-27-21(20(24)22(29)31)33-12-16-4-5-17(25)10-18(16)26/h3-6,9-10,13H,7-8,11-12H2,1-2H3. The highest BCUT2D eigenvalue weighted by atomic mass is 35.5. The van der Waals surface area contributed by atoms with Crippen LogP contribution in [0.3, 0.4) is 0 Å². The first-order chi connectivity index (χ1) is 15.7. The van der Waals surface area contributed by atoms with Gasteiger partial charge in [0.05, 0.1) is 6.54 Å². The molecule has 1 aromatic heterocycles. The Kier molecular flexibility index (Phi) is 6.33.